The fourth-order valence-corrected chi connectivity index (χ4v) is 3.26. The van der Waals surface area contributed by atoms with Crippen LogP contribution in [-0.4, -0.2) is 30.6 Å². The lowest BCUT2D eigenvalue weighted by molar-refractivity contribution is 0.167. The maximum Gasteiger partial charge on any atom is 0.0701 e. The van der Waals surface area contributed by atoms with Gasteiger partial charge in [-0.3, -0.25) is 4.90 Å². The average Bonchev–Trinajstić information content (AvgIpc) is 2.56. The van der Waals surface area contributed by atoms with Crippen molar-refractivity contribution in [1.82, 2.24) is 10.2 Å². The molecule has 1 fully saturated rings. The van der Waals surface area contributed by atoms with Crippen LogP contribution in [0, 0.1) is 0 Å². The molecule has 2 heterocycles. The minimum Gasteiger partial charge on any atom is -0.314 e. The summed E-state index contributed by atoms with van der Waals surface area (Å²) in [4.78, 5) is 3.99. The smallest absolute Gasteiger partial charge is 0.0701 e. The van der Waals surface area contributed by atoms with Crippen LogP contribution in [0.15, 0.2) is 15.9 Å². The third-order valence-corrected chi connectivity index (χ3v) is 4.24. The molecule has 0 spiro atoms. The lowest BCUT2D eigenvalue weighted by Gasteiger charge is -2.33. The summed E-state index contributed by atoms with van der Waals surface area (Å²) in [6.45, 7) is 6.79. The third kappa shape index (κ3) is 3.71. The van der Waals surface area contributed by atoms with Crippen LogP contribution in [0.4, 0.5) is 0 Å². The summed E-state index contributed by atoms with van der Waals surface area (Å²) in [5, 5.41) is 3.41. The SMILES string of the molecule is C[C@H]1CNCCN1Cc1ccc(Br)s1.Cl. The number of hydrogen-bond donors (Lipinski definition) is 1. The molecule has 0 aliphatic carbocycles. The molecule has 1 aliphatic rings. The maximum absolute atomic E-state index is 3.50. The van der Waals surface area contributed by atoms with Gasteiger partial charge in [0.05, 0.1) is 3.79 Å². The molecule has 15 heavy (non-hydrogen) atoms. The van der Waals surface area contributed by atoms with Crippen LogP contribution >= 0.6 is 39.7 Å². The second-order valence-corrected chi connectivity index (χ2v) is 6.28. The van der Waals surface area contributed by atoms with Crippen LogP contribution in [0.2, 0.25) is 0 Å². The minimum atomic E-state index is 0. The normalized spacial score (nSPS) is 22.4. The zero-order chi connectivity index (χ0) is 9.97. The Hall–Kier alpha value is 0.390. The molecule has 0 amide bonds. The topological polar surface area (TPSA) is 15.3 Å². The number of hydrogen-bond acceptors (Lipinski definition) is 3. The molecule has 1 aromatic heterocycles. The first kappa shape index (κ1) is 13.5. The van der Waals surface area contributed by atoms with E-state index in [-0.39, 0.29) is 12.4 Å². The first-order chi connectivity index (χ1) is 6.75. The Kier molecular flexibility index (Phi) is 5.57. The summed E-state index contributed by atoms with van der Waals surface area (Å²) in [6, 6.07) is 5.00. The van der Waals surface area contributed by atoms with Gasteiger partial charge in [0.25, 0.3) is 0 Å². The van der Waals surface area contributed by atoms with Crippen molar-refractivity contribution >= 4 is 39.7 Å². The Labute approximate surface area is 110 Å². The zero-order valence-corrected chi connectivity index (χ0v) is 11.9. The van der Waals surface area contributed by atoms with Gasteiger partial charge in [0.15, 0.2) is 0 Å². The molecule has 0 bridgehead atoms. The fourth-order valence-electron chi connectivity index (χ4n) is 1.75. The van der Waals surface area contributed by atoms with Gasteiger partial charge < -0.3 is 5.32 Å². The predicted molar refractivity (Wildman–Crippen MR) is 72.0 cm³/mol. The van der Waals surface area contributed by atoms with Crippen molar-refractivity contribution in [3.63, 3.8) is 0 Å². The molecule has 0 aromatic carbocycles. The Balaban J connectivity index is 0.00000112. The Morgan fingerprint density at radius 1 is 1.60 bits per heavy atom. The van der Waals surface area contributed by atoms with E-state index in [1.54, 1.807) is 0 Å². The van der Waals surface area contributed by atoms with Gasteiger partial charge in [-0.1, -0.05) is 0 Å². The van der Waals surface area contributed by atoms with E-state index in [4.69, 9.17) is 0 Å². The van der Waals surface area contributed by atoms with Crippen LogP contribution in [0.3, 0.4) is 0 Å². The second kappa shape index (κ2) is 6.21. The van der Waals surface area contributed by atoms with E-state index in [1.165, 1.54) is 8.66 Å². The average molecular weight is 312 g/mol. The number of halogens is 2. The summed E-state index contributed by atoms with van der Waals surface area (Å²) in [5.41, 5.74) is 0. The Morgan fingerprint density at radius 2 is 2.40 bits per heavy atom. The van der Waals surface area contributed by atoms with Crippen LogP contribution in [0.1, 0.15) is 11.8 Å². The lowest BCUT2D eigenvalue weighted by atomic mass is 10.2. The zero-order valence-electron chi connectivity index (χ0n) is 8.70. The molecule has 0 radical (unpaired) electrons. The molecule has 2 nitrogen and oxygen atoms in total. The van der Waals surface area contributed by atoms with Gasteiger partial charge in [0, 0.05) is 37.1 Å². The maximum atomic E-state index is 3.50. The van der Waals surface area contributed by atoms with E-state index in [0.29, 0.717) is 6.04 Å². The van der Waals surface area contributed by atoms with Gasteiger partial charge >= 0.3 is 0 Å². The highest BCUT2D eigenvalue weighted by Crippen LogP contribution is 2.23. The van der Waals surface area contributed by atoms with E-state index in [2.05, 4.69) is 45.2 Å². The standard InChI is InChI=1S/C10H15BrN2S.ClH/c1-8-6-12-4-5-13(8)7-9-2-3-10(11)14-9;/h2-3,8,12H,4-7H2,1H3;1H/t8-;/m0./s1. The summed E-state index contributed by atoms with van der Waals surface area (Å²) in [7, 11) is 0. The number of thiophene rings is 1. The van der Waals surface area contributed by atoms with Crippen LogP contribution in [0.25, 0.3) is 0 Å². The lowest BCUT2D eigenvalue weighted by Crippen LogP contribution is -2.49. The van der Waals surface area contributed by atoms with Gasteiger partial charge in [0.2, 0.25) is 0 Å². The second-order valence-electron chi connectivity index (χ2n) is 3.73. The van der Waals surface area contributed by atoms with Crippen molar-refractivity contribution in [2.75, 3.05) is 19.6 Å². The fraction of sp³-hybridized carbons (Fsp3) is 0.600. The monoisotopic (exact) mass is 310 g/mol. The molecule has 5 heteroatoms. The first-order valence-electron chi connectivity index (χ1n) is 4.94. The van der Waals surface area contributed by atoms with E-state index >= 15 is 0 Å². The summed E-state index contributed by atoms with van der Waals surface area (Å²) in [6.07, 6.45) is 0. The molecule has 1 saturated heterocycles. The summed E-state index contributed by atoms with van der Waals surface area (Å²) >= 11 is 5.34. The van der Waals surface area contributed by atoms with Crippen molar-refractivity contribution < 1.29 is 0 Å². The molecule has 1 aliphatic heterocycles. The van der Waals surface area contributed by atoms with Crippen molar-refractivity contribution in [3.8, 4) is 0 Å². The van der Waals surface area contributed by atoms with E-state index in [9.17, 15) is 0 Å². The molecule has 1 aromatic rings. The highest BCUT2D eigenvalue weighted by molar-refractivity contribution is 9.11. The predicted octanol–water partition coefficient (Wildman–Crippen LogP) is 2.73. The van der Waals surface area contributed by atoms with Gasteiger partial charge in [0.1, 0.15) is 0 Å². The highest BCUT2D eigenvalue weighted by Gasteiger charge is 2.18. The van der Waals surface area contributed by atoms with Crippen LogP contribution in [-0.2, 0) is 6.54 Å². The first-order valence-corrected chi connectivity index (χ1v) is 6.55. The molecule has 1 atom stereocenters. The quantitative estimate of drug-likeness (QED) is 0.903. The Morgan fingerprint density at radius 3 is 3.00 bits per heavy atom. The van der Waals surface area contributed by atoms with Gasteiger partial charge in [-0.2, -0.15) is 0 Å². The summed E-state index contributed by atoms with van der Waals surface area (Å²) < 4.78 is 1.23. The number of piperazine rings is 1. The van der Waals surface area contributed by atoms with E-state index in [1.807, 2.05) is 11.3 Å². The van der Waals surface area contributed by atoms with Crippen LogP contribution < -0.4 is 5.32 Å². The third-order valence-electron chi connectivity index (χ3n) is 2.63. The van der Waals surface area contributed by atoms with Crippen molar-refractivity contribution in [3.05, 3.63) is 20.8 Å². The molecule has 86 valence electrons. The summed E-state index contributed by atoms with van der Waals surface area (Å²) in [5.74, 6) is 0. The van der Waals surface area contributed by atoms with Crippen molar-refractivity contribution in [1.29, 1.82) is 0 Å². The molecule has 2 rings (SSSR count). The van der Waals surface area contributed by atoms with E-state index < -0.39 is 0 Å². The number of rotatable bonds is 2. The largest absolute Gasteiger partial charge is 0.314 e. The molecule has 0 saturated carbocycles. The van der Waals surface area contributed by atoms with Crippen LogP contribution in [0.5, 0.6) is 0 Å². The number of nitrogens with zero attached hydrogens (tertiary/aromatic N) is 1. The Bertz CT molecular complexity index is 305. The molecule has 0 unspecified atom stereocenters. The van der Waals surface area contributed by atoms with Gasteiger partial charge in [-0.05, 0) is 35.0 Å². The van der Waals surface area contributed by atoms with Gasteiger partial charge in [-0.15, -0.1) is 23.7 Å². The van der Waals surface area contributed by atoms with Crippen molar-refractivity contribution in [2.45, 2.75) is 19.5 Å². The molecule has 1 N–H and O–H groups in total. The molecular weight excluding hydrogens is 296 g/mol. The highest BCUT2D eigenvalue weighted by atomic mass is 79.9. The molecular formula is C10H16BrClN2S. The van der Waals surface area contributed by atoms with E-state index in [0.717, 1.165) is 26.2 Å². The van der Waals surface area contributed by atoms with Gasteiger partial charge in [-0.25, -0.2) is 0 Å². The minimum absolute atomic E-state index is 0. The van der Waals surface area contributed by atoms with Crippen molar-refractivity contribution in [2.24, 2.45) is 0 Å². The number of nitrogens with one attached hydrogen (secondary N) is 1.